The van der Waals surface area contributed by atoms with Gasteiger partial charge in [-0.1, -0.05) is 0 Å². The summed E-state index contributed by atoms with van der Waals surface area (Å²) >= 11 is 1.64. The van der Waals surface area contributed by atoms with E-state index in [0.29, 0.717) is 6.42 Å². The summed E-state index contributed by atoms with van der Waals surface area (Å²) in [6.07, 6.45) is 2.57. The first-order chi connectivity index (χ1) is 5.22. The predicted octanol–water partition coefficient (Wildman–Crippen LogP) is 0.171. The molecule has 11 heavy (non-hydrogen) atoms. The molecule has 5 heteroatoms. The second-order valence-corrected chi connectivity index (χ2v) is 2.94. The molecule has 0 saturated heterocycles. The van der Waals surface area contributed by atoms with E-state index in [9.17, 15) is 4.79 Å². The van der Waals surface area contributed by atoms with Gasteiger partial charge in [0, 0.05) is 0 Å². The molecule has 4 nitrogen and oxygen atoms in total. The standard InChI is InChI=1S/C6H13NO3S/c1-9-10-6(8)5(7)3-4-11-2/h5H,3-4,7H2,1-2H3/t5-/m0/s1. The Bertz CT molecular complexity index is 120. The highest BCUT2D eigenvalue weighted by molar-refractivity contribution is 7.98. The number of nitrogens with two attached hydrogens (primary N) is 1. The lowest BCUT2D eigenvalue weighted by atomic mass is 10.2. The first-order valence-electron chi connectivity index (χ1n) is 3.21. The van der Waals surface area contributed by atoms with Crippen LogP contribution in [0.5, 0.6) is 0 Å². The van der Waals surface area contributed by atoms with Gasteiger partial charge in [-0.3, -0.25) is 4.89 Å². The topological polar surface area (TPSA) is 61.5 Å². The highest BCUT2D eigenvalue weighted by atomic mass is 32.2. The average Bonchev–Trinajstić information content (AvgIpc) is 2.00. The van der Waals surface area contributed by atoms with Gasteiger partial charge in [-0.05, 0) is 18.4 Å². The lowest BCUT2D eigenvalue weighted by Gasteiger charge is -2.06. The Labute approximate surface area is 70.3 Å². The number of carbonyl (C=O) groups is 1. The molecule has 0 aliphatic rings. The van der Waals surface area contributed by atoms with Gasteiger partial charge in [-0.25, -0.2) is 4.79 Å². The van der Waals surface area contributed by atoms with E-state index in [2.05, 4.69) is 9.78 Å². The minimum atomic E-state index is -0.567. The van der Waals surface area contributed by atoms with Crippen LogP contribution in [0.2, 0.25) is 0 Å². The van der Waals surface area contributed by atoms with E-state index in [1.807, 2.05) is 6.26 Å². The molecule has 0 aromatic carbocycles. The Balaban J connectivity index is 3.46. The third-order valence-corrected chi connectivity index (χ3v) is 1.75. The summed E-state index contributed by atoms with van der Waals surface area (Å²) in [6.45, 7) is 0. The van der Waals surface area contributed by atoms with Gasteiger partial charge >= 0.3 is 5.97 Å². The van der Waals surface area contributed by atoms with Gasteiger partial charge in [0.05, 0.1) is 7.11 Å². The highest BCUT2D eigenvalue weighted by Gasteiger charge is 2.14. The number of rotatable bonds is 5. The summed E-state index contributed by atoms with van der Waals surface area (Å²) in [5, 5.41) is 0. The molecule has 0 spiro atoms. The maximum absolute atomic E-state index is 10.8. The van der Waals surface area contributed by atoms with Crippen molar-refractivity contribution in [3.8, 4) is 0 Å². The van der Waals surface area contributed by atoms with Crippen LogP contribution in [0.25, 0.3) is 0 Å². The summed E-state index contributed by atoms with van der Waals surface area (Å²) in [6, 6.07) is -0.567. The molecular formula is C6H13NO3S. The van der Waals surface area contributed by atoms with Gasteiger partial charge in [-0.2, -0.15) is 16.6 Å². The molecule has 2 N–H and O–H groups in total. The predicted molar refractivity (Wildman–Crippen MR) is 44.1 cm³/mol. The Morgan fingerprint density at radius 2 is 2.36 bits per heavy atom. The van der Waals surface area contributed by atoms with Crippen LogP contribution in [0, 0.1) is 0 Å². The van der Waals surface area contributed by atoms with Crippen molar-refractivity contribution in [1.82, 2.24) is 0 Å². The summed E-state index contributed by atoms with van der Waals surface area (Å²) in [5.74, 6) is 0.335. The van der Waals surface area contributed by atoms with Crippen molar-refractivity contribution in [2.75, 3.05) is 19.1 Å². The molecule has 0 saturated carbocycles. The van der Waals surface area contributed by atoms with E-state index in [1.165, 1.54) is 7.11 Å². The lowest BCUT2D eigenvalue weighted by Crippen LogP contribution is -2.32. The van der Waals surface area contributed by atoms with Gasteiger partial charge in [0.2, 0.25) is 0 Å². The molecule has 0 amide bonds. The smallest absolute Gasteiger partial charge is 0.318 e. The number of thioether (sulfide) groups is 1. The first kappa shape index (κ1) is 10.7. The fourth-order valence-electron chi connectivity index (χ4n) is 0.507. The van der Waals surface area contributed by atoms with Crippen molar-refractivity contribution in [1.29, 1.82) is 0 Å². The normalized spacial score (nSPS) is 12.6. The van der Waals surface area contributed by atoms with Crippen molar-refractivity contribution in [3.05, 3.63) is 0 Å². The largest absolute Gasteiger partial charge is 0.358 e. The lowest BCUT2D eigenvalue weighted by molar-refractivity contribution is -0.256. The molecule has 0 bridgehead atoms. The zero-order chi connectivity index (χ0) is 8.69. The molecule has 0 unspecified atom stereocenters. The zero-order valence-electron chi connectivity index (χ0n) is 6.70. The third-order valence-electron chi connectivity index (χ3n) is 1.10. The molecule has 0 aromatic rings. The minimum absolute atomic E-state index is 0.512. The molecule has 0 fully saturated rings. The molecule has 0 heterocycles. The van der Waals surface area contributed by atoms with Crippen molar-refractivity contribution in [3.63, 3.8) is 0 Å². The molecule has 0 rings (SSSR count). The Hall–Kier alpha value is -0.260. The number of hydrogen-bond donors (Lipinski definition) is 1. The van der Waals surface area contributed by atoms with Crippen LogP contribution in [-0.4, -0.2) is 31.1 Å². The van der Waals surface area contributed by atoms with Crippen molar-refractivity contribution < 1.29 is 14.6 Å². The van der Waals surface area contributed by atoms with Crippen LogP contribution in [0.1, 0.15) is 6.42 Å². The van der Waals surface area contributed by atoms with Gasteiger partial charge in [0.1, 0.15) is 6.04 Å². The summed E-state index contributed by atoms with van der Waals surface area (Å²) in [4.78, 5) is 19.2. The monoisotopic (exact) mass is 179 g/mol. The van der Waals surface area contributed by atoms with E-state index in [0.717, 1.165) is 5.75 Å². The molecule has 0 aliphatic carbocycles. The maximum atomic E-state index is 10.8. The molecule has 0 radical (unpaired) electrons. The quantitative estimate of drug-likeness (QED) is 0.481. The van der Waals surface area contributed by atoms with E-state index in [1.54, 1.807) is 11.8 Å². The van der Waals surface area contributed by atoms with Crippen LogP contribution >= 0.6 is 11.8 Å². The van der Waals surface area contributed by atoms with E-state index < -0.39 is 12.0 Å². The van der Waals surface area contributed by atoms with Crippen LogP contribution < -0.4 is 5.73 Å². The molecular weight excluding hydrogens is 166 g/mol. The molecule has 0 aliphatic heterocycles. The van der Waals surface area contributed by atoms with Crippen LogP contribution in [-0.2, 0) is 14.6 Å². The van der Waals surface area contributed by atoms with E-state index in [4.69, 9.17) is 5.73 Å². The van der Waals surface area contributed by atoms with Crippen molar-refractivity contribution in [2.45, 2.75) is 12.5 Å². The second-order valence-electron chi connectivity index (χ2n) is 1.96. The average molecular weight is 179 g/mol. The third kappa shape index (κ3) is 5.06. The summed E-state index contributed by atoms with van der Waals surface area (Å²) < 4.78 is 0. The van der Waals surface area contributed by atoms with Crippen molar-refractivity contribution in [2.24, 2.45) is 5.73 Å². The van der Waals surface area contributed by atoms with Crippen molar-refractivity contribution >= 4 is 17.7 Å². The van der Waals surface area contributed by atoms with Gasteiger partial charge in [0.15, 0.2) is 0 Å². The number of hydrogen-bond acceptors (Lipinski definition) is 5. The Morgan fingerprint density at radius 1 is 1.73 bits per heavy atom. The fourth-order valence-corrected chi connectivity index (χ4v) is 0.996. The minimum Gasteiger partial charge on any atom is -0.318 e. The van der Waals surface area contributed by atoms with Crippen LogP contribution in [0.3, 0.4) is 0 Å². The SMILES string of the molecule is COOC(=O)[C@@H](N)CCSC. The van der Waals surface area contributed by atoms with Crippen LogP contribution in [0.4, 0.5) is 0 Å². The fraction of sp³-hybridized carbons (Fsp3) is 0.833. The number of carbonyl (C=O) groups excluding carboxylic acids is 1. The van der Waals surface area contributed by atoms with Crippen LogP contribution in [0.15, 0.2) is 0 Å². The second kappa shape index (κ2) is 6.45. The van der Waals surface area contributed by atoms with Gasteiger partial charge in [-0.15, -0.1) is 0 Å². The molecule has 0 aromatic heterocycles. The maximum Gasteiger partial charge on any atom is 0.358 e. The highest BCUT2D eigenvalue weighted by Crippen LogP contribution is 1.99. The summed E-state index contributed by atoms with van der Waals surface area (Å²) in [7, 11) is 1.28. The Morgan fingerprint density at radius 3 is 2.82 bits per heavy atom. The van der Waals surface area contributed by atoms with E-state index >= 15 is 0 Å². The van der Waals surface area contributed by atoms with E-state index in [-0.39, 0.29) is 0 Å². The Kier molecular flexibility index (Phi) is 6.30. The summed E-state index contributed by atoms with van der Waals surface area (Å²) in [5.41, 5.74) is 5.42. The van der Waals surface area contributed by atoms with Gasteiger partial charge in [0.25, 0.3) is 0 Å². The zero-order valence-corrected chi connectivity index (χ0v) is 7.52. The molecule has 66 valence electrons. The molecule has 1 atom stereocenters. The van der Waals surface area contributed by atoms with Gasteiger partial charge < -0.3 is 5.73 Å². The first-order valence-corrected chi connectivity index (χ1v) is 4.60.